The standard InChI is InChI=1S/C17H25FN2O3.ClH/c1-22-8-9-23-12-15-10-14(2-3-16(15)18)17(21)20-7-5-13-4-6-19-11-13;/h2-3,10,13,19H,4-9,11-12H2,1H3,(H,20,21);1H. The van der Waals surface area contributed by atoms with Crippen molar-refractivity contribution in [3.63, 3.8) is 0 Å². The molecule has 7 heteroatoms. The number of hydrogen-bond donors (Lipinski definition) is 2. The summed E-state index contributed by atoms with van der Waals surface area (Å²) < 4.78 is 23.9. The number of hydrogen-bond acceptors (Lipinski definition) is 4. The van der Waals surface area contributed by atoms with Crippen LogP contribution in [-0.4, -0.2) is 45.9 Å². The van der Waals surface area contributed by atoms with E-state index in [9.17, 15) is 9.18 Å². The van der Waals surface area contributed by atoms with Crippen molar-refractivity contribution in [3.8, 4) is 0 Å². The van der Waals surface area contributed by atoms with Crippen LogP contribution in [0.5, 0.6) is 0 Å². The average molecular weight is 361 g/mol. The quantitative estimate of drug-likeness (QED) is 0.662. The highest BCUT2D eigenvalue weighted by atomic mass is 35.5. The van der Waals surface area contributed by atoms with Crippen molar-refractivity contribution in [2.24, 2.45) is 5.92 Å². The van der Waals surface area contributed by atoms with Gasteiger partial charge in [-0.2, -0.15) is 0 Å². The van der Waals surface area contributed by atoms with Crippen LogP contribution in [0.1, 0.15) is 28.8 Å². The SMILES string of the molecule is COCCOCc1cc(C(=O)NCCC2CCNC2)ccc1F.Cl. The fraction of sp³-hybridized carbons (Fsp3) is 0.588. The third-order valence-corrected chi connectivity index (χ3v) is 4.00. The summed E-state index contributed by atoms with van der Waals surface area (Å²) in [5, 5.41) is 6.21. The second-order valence-electron chi connectivity index (χ2n) is 5.75. The van der Waals surface area contributed by atoms with Crippen molar-refractivity contribution in [2.75, 3.05) is 40.0 Å². The Morgan fingerprint density at radius 3 is 2.96 bits per heavy atom. The Balaban J connectivity index is 0.00000288. The van der Waals surface area contributed by atoms with Crippen LogP contribution in [-0.2, 0) is 16.1 Å². The molecule has 2 N–H and O–H groups in total. The molecule has 0 bridgehead atoms. The highest BCUT2D eigenvalue weighted by Crippen LogP contribution is 2.13. The fourth-order valence-electron chi connectivity index (χ4n) is 2.60. The van der Waals surface area contributed by atoms with Crippen LogP contribution >= 0.6 is 12.4 Å². The predicted octanol–water partition coefficient (Wildman–Crippen LogP) is 2.14. The van der Waals surface area contributed by atoms with E-state index in [-0.39, 0.29) is 30.7 Å². The Hall–Kier alpha value is -1.21. The van der Waals surface area contributed by atoms with Gasteiger partial charge in [-0.1, -0.05) is 0 Å². The van der Waals surface area contributed by atoms with Crippen molar-refractivity contribution in [1.82, 2.24) is 10.6 Å². The summed E-state index contributed by atoms with van der Waals surface area (Å²) >= 11 is 0. The van der Waals surface area contributed by atoms with Gasteiger partial charge in [0.05, 0.1) is 19.8 Å². The fourth-order valence-corrected chi connectivity index (χ4v) is 2.60. The molecular weight excluding hydrogens is 335 g/mol. The summed E-state index contributed by atoms with van der Waals surface area (Å²) in [4.78, 5) is 12.1. The van der Waals surface area contributed by atoms with Crippen LogP contribution in [0, 0.1) is 11.7 Å². The van der Waals surface area contributed by atoms with Crippen LogP contribution in [0.15, 0.2) is 18.2 Å². The number of halogens is 2. The van der Waals surface area contributed by atoms with E-state index in [4.69, 9.17) is 9.47 Å². The van der Waals surface area contributed by atoms with E-state index in [2.05, 4.69) is 10.6 Å². The Labute approximate surface area is 148 Å². The molecule has 2 rings (SSSR count). The molecular formula is C17H26ClFN2O3. The average Bonchev–Trinajstić information content (AvgIpc) is 3.06. The van der Waals surface area contributed by atoms with Gasteiger partial charge in [0.15, 0.2) is 0 Å². The molecule has 1 aromatic rings. The lowest BCUT2D eigenvalue weighted by Gasteiger charge is -2.11. The molecule has 5 nitrogen and oxygen atoms in total. The molecule has 1 aliphatic rings. The third-order valence-electron chi connectivity index (χ3n) is 4.00. The third kappa shape index (κ3) is 6.73. The molecule has 1 saturated heterocycles. The largest absolute Gasteiger partial charge is 0.382 e. The zero-order valence-electron chi connectivity index (χ0n) is 14.0. The number of ether oxygens (including phenoxy) is 2. The van der Waals surface area contributed by atoms with Crippen LogP contribution in [0.3, 0.4) is 0 Å². The summed E-state index contributed by atoms with van der Waals surface area (Å²) in [6, 6.07) is 4.36. The number of amides is 1. The summed E-state index contributed by atoms with van der Waals surface area (Å²) in [5.74, 6) is 0.0957. The van der Waals surface area contributed by atoms with Crippen LogP contribution < -0.4 is 10.6 Å². The van der Waals surface area contributed by atoms with Crippen molar-refractivity contribution in [2.45, 2.75) is 19.4 Å². The predicted molar refractivity (Wildman–Crippen MR) is 93.1 cm³/mol. The Morgan fingerprint density at radius 2 is 2.25 bits per heavy atom. The zero-order chi connectivity index (χ0) is 16.5. The maximum absolute atomic E-state index is 13.7. The summed E-state index contributed by atoms with van der Waals surface area (Å²) in [6.07, 6.45) is 2.13. The topological polar surface area (TPSA) is 59.6 Å². The molecule has 0 radical (unpaired) electrons. The molecule has 0 spiro atoms. The lowest BCUT2D eigenvalue weighted by molar-refractivity contribution is 0.0604. The van der Waals surface area contributed by atoms with Crippen LogP contribution in [0.25, 0.3) is 0 Å². The van der Waals surface area contributed by atoms with E-state index in [1.165, 1.54) is 12.1 Å². The van der Waals surface area contributed by atoms with Crippen LogP contribution in [0.2, 0.25) is 0 Å². The minimum atomic E-state index is -0.365. The van der Waals surface area contributed by atoms with Gasteiger partial charge in [0, 0.05) is 24.8 Å². The molecule has 0 aromatic heterocycles. The molecule has 1 fully saturated rings. The summed E-state index contributed by atoms with van der Waals surface area (Å²) in [6.45, 7) is 3.70. The number of nitrogens with one attached hydrogen (secondary N) is 2. The van der Waals surface area contributed by atoms with Gasteiger partial charge in [-0.05, 0) is 50.0 Å². The molecule has 24 heavy (non-hydrogen) atoms. The highest BCUT2D eigenvalue weighted by molar-refractivity contribution is 5.94. The minimum Gasteiger partial charge on any atom is -0.382 e. The monoisotopic (exact) mass is 360 g/mol. The number of methoxy groups -OCH3 is 1. The molecule has 0 aliphatic carbocycles. The second kappa shape index (κ2) is 11.4. The van der Waals surface area contributed by atoms with Gasteiger partial charge in [0.1, 0.15) is 5.82 Å². The first-order valence-corrected chi connectivity index (χ1v) is 8.04. The molecule has 1 unspecified atom stereocenters. The van der Waals surface area contributed by atoms with E-state index in [1.54, 1.807) is 13.2 Å². The Bertz CT molecular complexity index is 511. The summed E-state index contributed by atoms with van der Waals surface area (Å²) in [7, 11) is 1.58. The van der Waals surface area contributed by atoms with Gasteiger partial charge in [-0.3, -0.25) is 4.79 Å². The maximum Gasteiger partial charge on any atom is 0.251 e. The lowest BCUT2D eigenvalue weighted by Crippen LogP contribution is -2.26. The second-order valence-corrected chi connectivity index (χ2v) is 5.75. The highest BCUT2D eigenvalue weighted by Gasteiger charge is 2.15. The number of rotatable bonds is 9. The smallest absolute Gasteiger partial charge is 0.251 e. The van der Waals surface area contributed by atoms with Crippen molar-refractivity contribution < 1.29 is 18.7 Å². The maximum atomic E-state index is 13.7. The van der Waals surface area contributed by atoms with E-state index in [1.807, 2.05) is 0 Å². The van der Waals surface area contributed by atoms with E-state index >= 15 is 0 Å². The summed E-state index contributed by atoms with van der Waals surface area (Å²) in [5.41, 5.74) is 0.843. The van der Waals surface area contributed by atoms with Crippen LogP contribution in [0.4, 0.5) is 4.39 Å². The van der Waals surface area contributed by atoms with Gasteiger partial charge in [-0.25, -0.2) is 4.39 Å². The normalized spacial score (nSPS) is 16.7. The lowest BCUT2D eigenvalue weighted by atomic mass is 10.1. The number of carbonyl (C=O) groups is 1. The molecule has 136 valence electrons. The van der Waals surface area contributed by atoms with Gasteiger partial charge in [0.2, 0.25) is 0 Å². The van der Waals surface area contributed by atoms with E-state index in [0.717, 1.165) is 25.9 Å². The van der Waals surface area contributed by atoms with Gasteiger partial charge in [-0.15, -0.1) is 12.4 Å². The van der Waals surface area contributed by atoms with Crippen molar-refractivity contribution in [1.29, 1.82) is 0 Å². The first-order chi connectivity index (χ1) is 11.2. The number of carbonyl (C=O) groups excluding carboxylic acids is 1. The first kappa shape index (κ1) is 20.8. The molecule has 1 amide bonds. The van der Waals surface area contributed by atoms with Gasteiger partial charge < -0.3 is 20.1 Å². The number of benzene rings is 1. The molecule has 1 heterocycles. The van der Waals surface area contributed by atoms with Gasteiger partial charge >= 0.3 is 0 Å². The molecule has 1 atom stereocenters. The van der Waals surface area contributed by atoms with Crippen molar-refractivity contribution >= 4 is 18.3 Å². The molecule has 1 aliphatic heterocycles. The molecule has 1 aromatic carbocycles. The van der Waals surface area contributed by atoms with Crippen molar-refractivity contribution in [3.05, 3.63) is 35.1 Å². The first-order valence-electron chi connectivity index (χ1n) is 8.04. The van der Waals surface area contributed by atoms with Gasteiger partial charge in [0.25, 0.3) is 5.91 Å². The van der Waals surface area contributed by atoms with E-state index in [0.29, 0.717) is 36.8 Å². The van der Waals surface area contributed by atoms with E-state index < -0.39 is 0 Å². The molecule has 0 saturated carbocycles. The Morgan fingerprint density at radius 1 is 1.42 bits per heavy atom. The minimum absolute atomic E-state index is 0. The Kier molecular flexibility index (Phi) is 9.86. The zero-order valence-corrected chi connectivity index (χ0v) is 14.8.